The van der Waals surface area contributed by atoms with Gasteiger partial charge in [-0.15, -0.1) is 0 Å². The van der Waals surface area contributed by atoms with Crippen LogP contribution in [0.3, 0.4) is 0 Å². The second-order valence-electron chi connectivity index (χ2n) is 7.02. The van der Waals surface area contributed by atoms with Crippen molar-refractivity contribution in [2.45, 2.75) is 26.8 Å². The van der Waals surface area contributed by atoms with Crippen molar-refractivity contribution < 1.29 is 19.4 Å². The fourth-order valence-corrected chi connectivity index (χ4v) is 4.74. The number of aryl methyl sites for hydroxylation is 1. The van der Waals surface area contributed by atoms with E-state index in [1.807, 2.05) is 32.2 Å². The van der Waals surface area contributed by atoms with E-state index >= 15 is 0 Å². The van der Waals surface area contributed by atoms with Crippen LogP contribution in [0.5, 0.6) is 5.75 Å². The normalized spacial score (nSPS) is 17.2. The number of hydrogen-bond acceptors (Lipinski definition) is 5. The summed E-state index contributed by atoms with van der Waals surface area (Å²) in [7, 11) is 3.58. The van der Waals surface area contributed by atoms with Gasteiger partial charge in [0.15, 0.2) is 0 Å². The predicted octanol–water partition coefficient (Wildman–Crippen LogP) is 3.81. The summed E-state index contributed by atoms with van der Waals surface area (Å²) in [6.07, 6.45) is 1.80. The van der Waals surface area contributed by atoms with Gasteiger partial charge < -0.3 is 14.4 Å². The lowest BCUT2D eigenvalue weighted by Gasteiger charge is -2.26. The molecule has 1 atom stereocenters. The van der Waals surface area contributed by atoms with Gasteiger partial charge in [0.2, 0.25) is 0 Å². The third kappa shape index (κ3) is 3.31. The molecular formula is C20H22N2O4S2. The standard InChI is InChI=1S/C20H22N2O4S2/c1-10(2)17(19(24)25)22-18(23)16(28-20(22)27)9-13-11(3)21(4)15-7-6-12(26-5)8-14(13)15/h6-10,17H,1-5H3,(H,24,25). The van der Waals surface area contributed by atoms with Crippen LogP contribution in [0.1, 0.15) is 25.1 Å². The molecule has 148 valence electrons. The second-order valence-corrected chi connectivity index (χ2v) is 8.70. The van der Waals surface area contributed by atoms with Crippen molar-refractivity contribution in [3.05, 3.63) is 34.4 Å². The van der Waals surface area contributed by atoms with Crippen LogP contribution >= 0.6 is 24.0 Å². The summed E-state index contributed by atoms with van der Waals surface area (Å²) in [6.45, 7) is 5.51. The van der Waals surface area contributed by atoms with Crippen molar-refractivity contribution in [3.8, 4) is 5.75 Å². The van der Waals surface area contributed by atoms with Crippen molar-refractivity contribution in [1.29, 1.82) is 0 Å². The van der Waals surface area contributed by atoms with Crippen LogP contribution in [0.4, 0.5) is 0 Å². The van der Waals surface area contributed by atoms with Crippen LogP contribution in [0.25, 0.3) is 17.0 Å². The van der Waals surface area contributed by atoms with Crippen molar-refractivity contribution in [1.82, 2.24) is 9.47 Å². The highest BCUT2D eigenvalue weighted by molar-refractivity contribution is 8.26. The summed E-state index contributed by atoms with van der Waals surface area (Å²) in [5.41, 5.74) is 2.91. The minimum absolute atomic E-state index is 0.261. The number of thiocarbonyl (C=S) groups is 1. The molecule has 6 nitrogen and oxygen atoms in total. The number of benzene rings is 1. The smallest absolute Gasteiger partial charge is 0.327 e. The van der Waals surface area contributed by atoms with E-state index in [1.54, 1.807) is 27.0 Å². The first-order chi connectivity index (χ1) is 13.2. The number of carbonyl (C=O) groups excluding carboxylic acids is 1. The molecule has 0 aliphatic carbocycles. The average Bonchev–Trinajstić information content (AvgIpc) is 3.04. The molecule has 1 aromatic carbocycles. The lowest BCUT2D eigenvalue weighted by Crippen LogP contribution is -2.47. The number of carboxylic acid groups (broad SMARTS) is 1. The first kappa shape index (κ1) is 20.4. The van der Waals surface area contributed by atoms with Gasteiger partial charge in [-0.05, 0) is 37.1 Å². The number of ether oxygens (including phenoxy) is 1. The molecule has 1 unspecified atom stereocenters. The van der Waals surface area contributed by atoms with E-state index in [0.717, 1.165) is 39.7 Å². The summed E-state index contributed by atoms with van der Waals surface area (Å²) in [5.74, 6) is -0.956. The maximum Gasteiger partial charge on any atom is 0.327 e. The molecule has 0 saturated carbocycles. The minimum atomic E-state index is -1.06. The van der Waals surface area contributed by atoms with Gasteiger partial charge >= 0.3 is 5.97 Å². The summed E-state index contributed by atoms with van der Waals surface area (Å²) in [4.78, 5) is 26.3. The SMILES string of the molecule is COc1ccc2c(c1)c(C=C1SC(=S)N(C(C(=O)O)C(C)C)C1=O)c(C)n2C. The fourth-order valence-electron chi connectivity index (χ4n) is 3.43. The molecular weight excluding hydrogens is 396 g/mol. The maximum absolute atomic E-state index is 13.0. The lowest BCUT2D eigenvalue weighted by atomic mass is 10.0. The summed E-state index contributed by atoms with van der Waals surface area (Å²) in [5, 5.41) is 10.5. The number of methoxy groups -OCH3 is 1. The zero-order valence-electron chi connectivity index (χ0n) is 16.3. The first-order valence-corrected chi connectivity index (χ1v) is 10.0. The van der Waals surface area contributed by atoms with E-state index in [-0.39, 0.29) is 16.1 Å². The Labute approximate surface area is 173 Å². The summed E-state index contributed by atoms with van der Waals surface area (Å²) in [6, 6.07) is 4.82. The Morgan fingerprint density at radius 3 is 2.61 bits per heavy atom. The van der Waals surface area contributed by atoms with E-state index in [1.165, 1.54) is 4.90 Å². The van der Waals surface area contributed by atoms with Crippen LogP contribution in [0.15, 0.2) is 23.1 Å². The number of aliphatic carboxylic acids is 1. The van der Waals surface area contributed by atoms with Gasteiger partial charge in [-0.1, -0.05) is 37.8 Å². The average molecular weight is 419 g/mol. The molecule has 1 amide bonds. The van der Waals surface area contributed by atoms with Crippen LogP contribution in [0, 0.1) is 12.8 Å². The molecule has 0 spiro atoms. The number of amides is 1. The number of aromatic nitrogens is 1. The van der Waals surface area contributed by atoms with Gasteiger partial charge in [-0.2, -0.15) is 0 Å². The number of hydrogen-bond donors (Lipinski definition) is 1. The lowest BCUT2D eigenvalue weighted by molar-refractivity contribution is -0.146. The quantitative estimate of drug-likeness (QED) is 0.588. The molecule has 1 aliphatic rings. The third-order valence-electron chi connectivity index (χ3n) is 5.01. The molecule has 28 heavy (non-hydrogen) atoms. The van der Waals surface area contributed by atoms with Crippen LogP contribution in [0.2, 0.25) is 0 Å². The molecule has 1 aliphatic heterocycles. The predicted molar refractivity (Wildman–Crippen MR) is 115 cm³/mol. The van der Waals surface area contributed by atoms with Gasteiger partial charge in [0.25, 0.3) is 5.91 Å². The van der Waals surface area contributed by atoms with Gasteiger partial charge in [0.05, 0.1) is 12.0 Å². The zero-order chi connectivity index (χ0) is 20.7. The Morgan fingerprint density at radius 2 is 2.04 bits per heavy atom. The van der Waals surface area contributed by atoms with Gasteiger partial charge in [0.1, 0.15) is 16.1 Å². The largest absolute Gasteiger partial charge is 0.497 e. The van der Waals surface area contributed by atoms with Crippen molar-refractivity contribution >= 4 is 57.2 Å². The van der Waals surface area contributed by atoms with Gasteiger partial charge in [-0.3, -0.25) is 9.69 Å². The number of carboxylic acids is 1. The molecule has 8 heteroatoms. The Hall–Kier alpha value is -2.32. The van der Waals surface area contributed by atoms with E-state index in [0.29, 0.717) is 4.91 Å². The Balaban J connectivity index is 2.10. The monoisotopic (exact) mass is 418 g/mol. The maximum atomic E-state index is 13.0. The Morgan fingerprint density at radius 1 is 1.36 bits per heavy atom. The molecule has 1 N–H and O–H groups in total. The number of thioether (sulfide) groups is 1. The Bertz CT molecular complexity index is 1020. The molecule has 2 heterocycles. The molecule has 1 aromatic heterocycles. The number of rotatable bonds is 5. The van der Waals surface area contributed by atoms with Gasteiger partial charge in [0, 0.05) is 29.2 Å². The molecule has 0 radical (unpaired) electrons. The topological polar surface area (TPSA) is 71.8 Å². The highest BCUT2D eigenvalue weighted by atomic mass is 32.2. The molecule has 0 bridgehead atoms. The fraction of sp³-hybridized carbons (Fsp3) is 0.350. The zero-order valence-corrected chi connectivity index (χ0v) is 18.0. The van der Waals surface area contributed by atoms with Crippen molar-refractivity contribution in [3.63, 3.8) is 0 Å². The summed E-state index contributed by atoms with van der Waals surface area (Å²) < 4.78 is 7.66. The van der Waals surface area contributed by atoms with E-state index in [2.05, 4.69) is 4.57 Å². The van der Waals surface area contributed by atoms with E-state index < -0.39 is 12.0 Å². The van der Waals surface area contributed by atoms with Crippen molar-refractivity contribution in [2.24, 2.45) is 13.0 Å². The first-order valence-electron chi connectivity index (χ1n) is 8.80. The highest BCUT2D eigenvalue weighted by Crippen LogP contribution is 2.38. The molecule has 1 saturated heterocycles. The van der Waals surface area contributed by atoms with Crippen LogP contribution in [-0.2, 0) is 16.6 Å². The van der Waals surface area contributed by atoms with E-state index in [9.17, 15) is 14.7 Å². The van der Waals surface area contributed by atoms with Gasteiger partial charge in [-0.25, -0.2) is 4.79 Å². The van der Waals surface area contributed by atoms with Crippen molar-refractivity contribution in [2.75, 3.05) is 7.11 Å². The molecule has 1 fully saturated rings. The Kier molecular flexibility index (Phi) is 5.54. The number of nitrogens with zero attached hydrogens (tertiary/aromatic N) is 2. The van der Waals surface area contributed by atoms with Crippen LogP contribution < -0.4 is 4.74 Å². The van der Waals surface area contributed by atoms with Crippen LogP contribution in [-0.4, -0.2) is 43.9 Å². The minimum Gasteiger partial charge on any atom is -0.497 e. The third-order valence-corrected chi connectivity index (χ3v) is 6.34. The summed E-state index contributed by atoms with van der Waals surface area (Å²) >= 11 is 6.48. The van der Waals surface area contributed by atoms with E-state index in [4.69, 9.17) is 17.0 Å². The number of fused-ring (bicyclic) bond motifs is 1. The molecule has 2 aromatic rings. The number of carbonyl (C=O) groups is 2. The highest BCUT2D eigenvalue weighted by Gasteiger charge is 2.42. The molecule has 3 rings (SSSR count). The second kappa shape index (κ2) is 7.60.